The summed E-state index contributed by atoms with van der Waals surface area (Å²) in [5, 5.41) is 2.20. The van der Waals surface area contributed by atoms with E-state index in [4.69, 9.17) is 4.74 Å². The Morgan fingerprint density at radius 2 is 1.67 bits per heavy atom. The third kappa shape index (κ3) is 3.60. The van der Waals surface area contributed by atoms with Gasteiger partial charge < -0.3 is 14.5 Å². The van der Waals surface area contributed by atoms with Crippen molar-refractivity contribution in [3.05, 3.63) is 65.2 Å². The second-order valence-electron chi connectivity index (χ2n) is 9.93. The van der Waals surface area contributed by atoms with Gasteiger partial charge in [0, 0.05) is 43.7 Å². The number of hydrogen-bond acceptors (Lipinski definition) is 7. The van der Waals surface area contributed by atoms with Crippen LogP contribution in [0.15, 0.2) is 48.5 Å². The van der Waals surface area contributed by atoms with Crippen molar-refractivity contribution in [1.29, 1.82) is 0 Å². The molecule has 0 saturated carbocycles. The van der Waals surface area contributed by atoms with Crippen LogP contribution in [0.4, 0.5) is 10.5 Å². The smallest absolute Gasteiger partial charge is 0.410 e. The first-order valence-electron chi connectivity index (χ1n) is 11.9. The number of fused-ring (bicyclic) bond motifs is 1. The lowest BCUT2D eigenvalue weighted by molar-refractivity contribution is -0.136. The Morgan fingerprint density at radius 1 is 0.944 bits per heavy atom. The van der Waals surface area contributed by atoms with Gasteiger partial charge in [-0.1, -0.05) is 30.3 Å². The molecule has 6 rings (SSSR count). The van der Waals surface area contributed by atoms with E-state index in [2.05, 4.69) is 10.2 Å². The summed E-state index contributed by atoms with van der Waals surface area (Å²) in [6.07, 6.45) is -0.109. The zero-order valence-electron chi connectivity index (χ0n) is 19.4. The minimum absolute atomic E-state index is 0.00334. The Balaban J connectivity index is 1.06. The first-order chi connectivity index (χ1) is 17.3. The Hall–Kier alpha value is -4.21. The Labute approximate surface area is 206 Å². The van der Waals surface area contributed by atoms with Gasteiger partial charge in [-0.05, 0) is 30.2 Å². The van der Waals surface area contributed by atoms with E-state index >= 15 is 0 Å². The van der Waals surface area contributed by atoms with Crippen LogP contribution in [0.25, 0.3) is 0 Å². The van der Waals surface area contributed by atoms with Crippen molar-refractivity contribution in [2.45, 2.75) is 25.5 Å². The fraction of sp³-hybridized carbons (Fsp3) is 0.346. The maximum atomic E-state index is 13.1. The normalized spacial score (nSPS) is 22.2. The van der Waals surface area contributed by atoms with Crippen molar-refractivity contribution in [1.82, 2.24) is 15.1 Å². The van der Waals surface area contributed by atoms with E-state index in [0.29, 0.717) is 13.1 Å². The Morgan fingerprint density at radius 3 is 2.39 bits per heavy atom. The third-order valence-electron chi connectivity index (χ3n) is 7.36. The van der Waals surface area contributed by atoms with Gasteiger partial charge in [-0.3, -0.25) is 29.4 Å². The van der Waals surface area contributed by atoms with Crippen molar-refractivity contribution >= 4 is 35.4 Å². The summed E-state index contributed by atoms with van der Waals surface area (Å²) in [6.45, 7) is 2.93. The highest BCUT2D eigenvalue weighted by Gasteiger charge is 2.54. The van der Waals surface area contributed by atoms with Crippen LogP contribution in [0.5, 0.6) is 0 Å². The molecule has 2 aromatic rings. The summed E-state index contributed by atoms with van der Waals surface area (Å²) in [4.78, 5) is 66.7. The van der Waals surface area contributed by atoms with Crippen LogP contribution in [0.2, 0.25) is 0 Å². The fourth-order valence-electron chi connectivity index (χ4n) is 5.50. The van der Waals surface area contributed by atoms with E-state index in [-0.39, 0.29) is 42.1 Å². The molecule has 10 nitrogen and oxygen atoms in total. The van der Waals surface area contributed by atoms with Gasteiger partial charge in [-0.2, -0.15) is 0 Å². The second kappa shape index (κ2) is 8.18. The number of imide groups is 2. The lowest BCUT2D eigenvalue weighted by atomic mass is 9.73. The third-order valence-corrected chi connectivity index (χ3v) is 7.36. The lowest BCUT2D eigenvalue weighted by Crippen LogP contribution is -2.73. The van der Waals surface area contributed by atoms with Crippen molar-refractivity contribution in [3.8, 4) is 0 Å². The van der Waals surface area contributed by atoms with Gasteiger partial charge in [0.1, 0.15) is 12.6 Å². The highest BCUT2D eigenvalue weighted by atomic mass is 16.6. The lowest BCUT2D eigenvalue weighted by Gasteiger charge is -2.60. The van der Waals surface area contributed by atoms with Gasteiger partial charge in [0.2, 0.25) is 11.8 Å². The molecular formula is C26H24N4O6. The summed E-state index contributed by atoms with van der Waals surface area (Å²) in [5.74, 6) is -2.05. The molecule has 0 aromatic heterocycles. The molecule has 3 saturated heterocycles. The molecule has 10 heteroatoms. The maximum absolute atomic E-state index is 13.1. The van der Waals surface area contributed by atoms with Crippen LogP contribution in [0.1, 0.15) is 39.1 Å². The number of hydrogen-bond donors (Lipinski definition) is 1. The van der Waals surface area contributed by atoms with Crippen molar-refractivity contribution in [2.24, 2.45) is 5.41 Å². The minimum atomic E-state index is -0.978. The van der Waals surface area contributed by atoms with Gasteiger partial charge in [0.15, 0.2) is 0 Å². The van der Waals surface area contributed by atoms with Crippen LogP contribution in [-0.4, -0.2) is 71.7 Å². The van der Waals surface area contributed by atoms with E-state index in [1.165, 1.54) is 0 Å². The number of likely N-dealkylation sites (tertiary alicyclic amines) is 1. The van der Waals surface area contributed by atoms with Gasteiger partial charge >= 0.3 is 6.09 Å². The van der Waals surface area contributed by atoms with Crippen molar-refractivity contribution in [2.75, 3.05) is 31.1 Å². The highest BCUT2D eigenvalue weighted by molar-refractivity contribution is 6.23. The first kappa shape index (κ1) is 22.3. The molecular weight excluding hydrogens is 464 g/mol. The molecule has 0 aliphatic carbocycles. The molecule has 1 unspecified atom stereocenters. The minimum Gasteiger partial charge on any atom is -0.445 e. The van der Waals surface area contributed by atoms with Crippen LogP contribution < -0.4 is 10.2 Å². The van der Waals surface area contributed by atoms with Crippen LogP contribution in [-0.2, 0) is 20.9 Å². The van der Waals surface area contributed by atoms with E-state index in [1.54, 1.807) is 23.1 Å². The molecule has 4 aliphatic rings. The zero-order valence-corrected chi connectivity index (χ0v) is 19.4. The maximum Gasteiger partial charge on any atom is 0.410 e. The quantitative estimate of drug-likeness (QED) is 0.649. The summed E-state index contributed by atoms with van der Waals surface area (Å²) in [5.41, 5.74) is 2.29. The molecule has 3 fully saturated rings. The van der Waals surface area contributed by atoms with Crippen molar-refractivity contribution in [3.63, 3.8) is 0 Å². The molecule has 5 amide bonds. The first-order valence-corrected chi connectivity index (χ1v) is 11.9. The molecule has 1 N–H and O–H groups in total. The van der Waals surface area contributed by atoms with Crippen molar-refractivity contribution < 1.29 is 28.7 Å². The molecule has 36 heavy (non-hydrogen) atoms. The van der Waals surface area contributed by atoms with Crippen LogP contribution in [0, 0.1) is 5.41 Å². The van der Waals surface area contributed by atoms with Gasteiger partial charge in [0.25, 0.3) is 11.8 Å². The van der Waals surface area contributed by atoms with Gasteiger partial charge in [0.05, 0.1) is 11.1 Å². The molecule has 4 aliphatic heterocycles. The number of amides is 5. The second-order valence-corrected chi connectivity index (χ2v) is 9.93. The topological polar surface area (TPSA) is 116 Å². The summed E-state index contributed by atoms with van der Waals surface area (Å²) >= 11 is 0. The van der Waals surface area contributed by atoms with E-state index < -0.39 is 29.7 Å². The number of benzene rings is 2. The predicted molar refractivity (Wildman–Crippen MR) is 126 cm³/mol. The largest absolute Gasteiger partial charge is 0.445 e. The van der Waals surface area contributed by atoms with Gasteiger partial charge in [-0.25, -0.2) is 4.79 Å². The SMILES string of the molecule is O=C1CCC(N2C(=O)c3ccc(N4CC5(CN(C(=O)OCc6ccccc6)C5)C4)cc3C2=O)C(=O)N1. The molecule has 4 heterocycles. The molecule has 0 bridgehead atoms. The number of carbonyl (C=O) groups is 5. The summed E-state index contributed by atoms with van der Waals surface area (Å²) in [6, 6.07) is 13.7. The molecule has 0 radical (unpaired) electrons. The number of nitrogens with zero attached hydrogens (tertiary/aromatic N) is 3. The summed E-state index contributed by atoms with van der Waals surface area (Å²) < 4.78 is 5.40. The molecule has 184 valence electrons. The average molecular weight is 489 g/mol. The molecule has 1 spiro atoms. The van der Waals surface area contributed by atoms with E-state index in [1.807, 2.05) is 30.3 Å². The van der Waals surface area contributed by atoms with Gasteiger partial charge in [-0.15, -0.1) is 0 Å². The summed E-state index contributed by atoms with van der Waals surface area (Å²) in [7, 11) is 0. The zero-order chi connectivity index (χ0) is 25.0. The standard InChI is InChI=1S/C26H24N4O6/c31-21-9-8-20(22(32)27-21)30-23(33)18-7-6-17(10-19(18)24(30)34)28-12-26(13-28)14-29(15-26)25(35)36-11-16-4-2-1-3-5-16/h1-7,10,20H,8-9,11-15H2,(H,27,31,32). The number of rotatable bonds is 4. The monoisotopic (exact) mass is 488 g/mol. The number of piperidine rings is 1. The fourth-order valence-corrected chi connectivity index (χ4v) is 5.50. The van der Waals surface area contributed by atoms with Crippen LogP contribution >= 0.6 is 0 Å². The number of carbonyl (C=O) groups excluding carboxylic acids is 5. The molecule has 1 atom stereocenters. The average Bonchev–Trinajstić information content (AvgIpc) is 3.06. The Kier molecular flexibility index (Phi) is 5.06. The number of nitrogens with one attached hydrogen (secondary N) is 1. The van der Waals surface area contributed by atoms with E-state index in [0.717, 1.165) is 29.2 Å². The molecule has 2 aromatic carbocycles. The predicted octanol–water partition coefficient (Wildman–Crippen LogP) is 1.55. The number of anilines is 1. The van der Waals surface area contributed by atoms with Crippen LogP contribution in [0.3, 0.4) is 0 Å². The Bertz CT molecular complexity index is 1290. The highest BCUT2D eigenvalue weighted by Crippen LogP contribution is 2.43. The van der Waals surface area contributed by atoms with E-state index in [9.17, 15) is 24.0 Å². The number of ether oxygens (including phenoxy) is 1.